The molecule has 2 heteroatoms. The van der Waals surface area contributed by atoms with E-state index in [1.807, 2.05) is 0 Å². The molecule has 94 valence electrons. The summed E-state index contributed by atoms with van der Waals surface area (Å²) in [6.07, 6.45) is 3.85. The van der Waals surface area contributed by atoms with Gasteiger partial charge in [0.1, 0.15) is 0 Å². The number of hydrogen-bond donors (Lipinski definition) is 1. The average molecular weight is 232 g/mol. The fourth-order valence-corrected chi connectivity index (χ4v) is 2.52. The predicted octanol–water partition coefficient (Wildman–Crippen LogP) is 2.29. The van der Waals surface area contributed by atoms with Crippen molar-refractivity contribution in [3.05, 3.63) is 35.9 Å². The molecule has 1 aromatic rings. The smallest absolute Gasteiger partial charge is 0.0258 e. The Kier molecular flexibility index (Phi) is 4.19. The molecule has 2 atom stereocenters. The van der Waals surface area contributed by atoms with Crippen LogP contribution in [0.5, 0.6) is 0 Å². The molecule has 0 radical (unpaired) electrons. The van der Waals surface area contributed by atoms with E-state index in [1.54, 1.807) is 0 Å². The minimum atomic E-state index is 0.466. The van der Waals surface area contributed by atoms with Gasteiger partial charge in [0, 0.05) is 18.6 Å². The zero-order valence-electron chi connectivity index (χ0n) is 11.0. The first kappa shape index (κ1) is 12.6. The number of nitrogens with zero attached hydrogens (tertiary/aromatic N) is 1. The molecule has 0 heterocycles. The van der Waals surface area contributed by atoms with Gasteiger partial charge in [-0.1, -0.05) is 30.3 Å². The van der Waals surface area contributed by atoms with Gasteiger partial charge < -0.3 is 5.73 Å². The second kappa shape index (κ2) is 5.65. The van der Waals surface area contributed by atoms with Crippen molar-refractivity contribution in [1.82, 2.24) is 4.90 Å². The van der Waals surface area contributed by atoms with Crippen LogP contribution in [0.15, 0.2) is 30.3 Å². The summed E-state index contributed by atoms with van der Waals surface area (Å²) in [5, 5.41) is 0. The second-order valence-corrected chi connectivity index (χ2v) is 5.32. The normalized spacial score (nSPS) is 19.3. The maximum absolute atomic E-state index is 5.94. The van der Waals surface area contributed by atoms with Crippen LogP contribution in [0.25, 0.3) is 0 Å². The summed E-state index contributed by atoms with van der Waals surface area (Å²) < 4.78 is 0. The van der Waals surface area contributed by atoms with Crippen molar-refractivity contribution in [3.8, 4) is 0 Å². The molecule has 2 N–H and O–H groups in total. The largest absolute Gasteiger partial charge is 0.329 e. The van der Waals surface area contributed by atoms with Crippen LogP contribution in [-0.4, -0.2) is 30.6 Å². The fraction of sp³-hybridized carbons (Fsp3) is 0.600. The Balaban J connectivity index is 1.95. The minimum absolute atomic E-state index is 0.466. The van der Waals surface area contributed by atoms with E-state index in [-0.39, 0.29) is 0 Å². The van der Waals surface area contributed by atoms with Crippen molar-refractivity contribution in [1.29, 1.82) is 0 Å². The number of nitrogens with two attached hydrogens (primary N) is 1. The summed E-state index contributed by atoms with van der Waals surface area (Å²) in [6.45, 7) is 3.08. The molecular weight excluding hydrogens is 208 g/mol. The van der Waals surface area contributed by atoms with Gasteiger partial charge in [0.25, 0.3) is 0 Å². The molecule has 0 aliphatic heterocycles. The van der Waals surface area contributed by atoms with Gasteiger partial charge in [-0.3, -0.25) is 4.90 Å². The summed E-state index contributed by atoms with van der Waals surface area (Å²) in [5.41, 5.74) is 7.33. The van der Waals surface area contributed by atoms with Crippen molar-refractivity contribution in [2.24, 2.45) is 11.7 Å². The molecular formula is C15H24N2. The highest BCUT2D eigenvalue weighted by molar-refractivity contribution is 5.16. The maximum Gasteiger partial charge on any atom is 0.0258 e. The highest BCUT2D eigenvalue weighted by Crippen LogP contribution is 2.35. The molecule has 0 amide bonds. The Morgan fingerprint density at radius 2 is 1.94 bits per heavy atom. The fourth-order valence-electron chi connectivity index (χ4n) is 2.52. The van der Waals surface area contributed by atoms with Crippen LogP contribution in [0.1, 0.15) is 25.3 Å². The highest BCUT2D eigenvalue weighted by atomic mass is 15.2. The molecule has 0 saturated heterocycles. The first-order chi connectivity index (χ1) is 8.22. The topological polar surface area (TPSA) is 29.3 Å². The van der Waals surface area contributed by atoms with Crippen LogP contribution in [0.2, 0.25) is 0 Å². The van der Waals surface area contributed by atoms with E-state index in [4.69, 9.17) is 5.73 Å². The van der Waals surface area contributed by atoms with Crippen molar-refractivity contribution in [2.45, 2.75) is 38.3 Å². The molecule has 2 nitrogen and oxygen atoms in total. The first-order valence-corrected chi connectivity index (χ1v) is 6.68. The lowest BCUT2D eigenvalue weighted by atomic mass is 10.0. The van der Waals surface area contributed by atoms with Crippen molar-refractivity contribution in [2.75, 3.05) is 13.6 Å². The van der Waals surface area contributed by atoms with E-state index >= 15 is 0 Å². The van der Waals surface area contributed by atoms with Crippen LogP contribution in [-0.2, 0) is 6.42 Å². The molecule has 0 bridgehead atoms. The van der Waals surface area contributed by atoms with Crippen molar-refractivity contribution < 1.29 is 0 Å². The van der Waals surface area contributed by atoms with E-state index in [1.165, 1.54) is 18.4 Å². The Bertz CT molecular complexity index is 332. The quantitative estimate of drug-likeness (QED) is 0.815. The van der Waals surface area contributed by atoms with Gasteiger partial charge in [0.2, 0.25) is 0 Å². The first-order valence-electron chi connectivity index (χ1n) is 6.68. The Labute approximate surface area is 105 Å². The lowest BCUT2D eigenvalue weighted by Crippen LogP contribution is -2.45. The van der Waals surface area contributed by atoms with Gasteiger partial charge in [-0.15, -0.1) is 0 Å². The van der Waals surface area contributed by atoms with Crippen LogP contribution in [0.4, 0.5) is 0 Å². The minimum Gasteiger partial charge on any atom is -0.329 e. The summed E-state index contributed by atoms with van der Waals surface area (Å²) in [4.78, 5) is 2.48. The van der Waals surface area contributed by atoms with Crippen molar-refractivity contribution in [3.63, 3.8) is 0 Å². The zero-order chi connectivity index (χ0) is 12.3. The van der Waals surface area contributed by atoms with Crippen molar-refractivity contribution >= 4 is 0 Å². The molecule has 1 fully saturated rings. The Hall–Kier alpha value is -0.860. The Morgan fingerprint density at radius 1 is 1.29 bits per heavy atom. The third kappa shape index (κ3) is 3.30. The highest BCUT2D eigenvalue weighted by Gasteiger charge is 2.32. The van der Waals surface area contributed by atoms with Gasteiger partial charge in [0.05, 0.1) is 0 Å². The molecule has 17 heavy (non-hydrogen) atoms. The molecule has 1 saturated carbocycles. The molecule has 1 aromatic carbocycles. The monoisotopic (exact) mass is 232 g/mol. The third-order valence-electron chi connectivity index (χ3n) is 4.11. The molecule has 1 aliphatic rings. The molecule has 0 aromatic heterocycles. The second-order valence-electron chi connectivity index (χ2n) is 5.32. The lowest BCUT2D eigenvalue weighted by molar-refractivity contribution is 0.169. The van der Waals surface area contributed by atoms with E-state index in [0.29, 0.717) is 12.1 Å². The predicted molar refractivity (Wildman–Crippen MR) is 72.9 cm³/mol. The van der Waals surface area contributed by atoms with Crippen LogP contribution < -0.4 is 5.73 Å². The zero-order valence-corrected chi connectivity index (χ0v) is 11.0. The van der Waals surface area contributed by atoms with E-state index < -0.39 is 0 Å². The maximum atomic E-state index is 5.94. The molecule has 0 spiro atoms. The van der Waals surface area contributed by atoms with Gasteiger partial charge in [0.15, 0.2) is 0 Å². The van der Waals surface area contributed by atoms with Gasteiger partial charge in [-0.25, -0.2) is 0 Å². The Morgan fingerprint density at radius 3 is 2.47 bits per heavy atom. The van der Waals surface area contributed by atoms with E-state index in [9.17, 15) is 0 Å². The number of rotatable bonds is 6. The van der Waals surface area contributed by atoms with E-state index in [2.05, 4.69) is 49.2 Å². The molecule has 2 rings (SSSR count). The van der Waals surface area contributed by atoms with Crippen LogP contribution >= 0.6 is 0 Å². The third-order valence-corrected chi connectivity index (χ3v) is 4.11. The van der Waals surface area contributed by atoms with Gasteiger partial charge in [-0.2, -0.15) is 0 Å². The SMILES string of the molecule is CC(C1CC1)N(C)C(CN)Cc1ccccc1. The number of benzene rings is 1. The lowest BCUT2D eigenvalue weighted by Gasteiger charge is -2.32. The van der Waals surface area contributed by atoms with Crippen LogP contribution in [0, 0.1) is 5.92 Å². The summed E-state index contributed by atoms with van der Waals surface area (Å²) >= 11 is 0. The van der Waals surface area contributed by atoms with Gasteiger partial charge in [-0.05, 0) is 44.7 Å². The summed E-state index contributed by atoms with van der Waals surface area (Å²) in [7, 11) is 2.23. The number of hydrogen-bond acceptors (Lipinski definition) is 2. The summed E-state index contributed by atoms with van der Waals surface area (Å²) in [5.74, 6) is 0.907. The molecule has 1 aliphatic carbocycles. The average Bonchev–Trinajstić information content (AvgIpc) is 3.19. The summed E-state index contributed by atoms with van der Waals surface area (Å²) in [6, 6.07) is 11.8. The van der Waals surface area contributed by atoms with Crippen LogP contribution in [0.3, 0.4) is 0 Å². The number of likely N-dealkylation sites (N-methyl/N-ethyl adjacent to an activating group) is 1. The van der Waals surface area contributed by atoms with E-state index in [0.717, 1.165) is 18.9 Å². The molecule has 2 unspecified atom stereocenters. The van der Waals surface area contributed by atoms with Gasteiger partial charge >= 0.3 is 0 Å². The standard InChI is InChI=1S/C15H24N2/c1-12(14-8-9-14)17(2)15(11-16)10-13-6-4-3-5-7-13/h3-7,12,14-15H,8-11,16H2,1-2H3.